The van der Waals surface area contributed by atoms with Crippen LogP contribution >= 0.6 is 7.82 Å². The summed E-state index contributed by atoms with van der Waals surface area (Å²) in [5.74, 6) is 0. The summed E-state index contributed by atoms with van der Waals surface area (Å²) >= 11 is 0. The summed E-state index contributed by atoms with van der Waals surface area (Å²) < 4.78 is 22.4. The molecule has 2 amide bonds. The molecule has 0 aromatic carbocycles. The van der Waals surface area contributed by atoms with Gasteiger partial charge in [-0.2, -0.15) is 0 Å². The van der Waals surface area contributed by atoms with Crippen LogP contribution in [0.3, 0.4) is 0 Å². The molecule has 0 aromatic rings. The summed E-state index contributed by atoms with van der Waals surface area (Å²) in [5, 5.41) is 2.89. The molecule has 9 heteroatoms. The number of hydrogen-bond acceptors (Lipinski definition) is 5. The molecule has 0 aliphatic carbocycles. The van der Waals surface area contributed by atoms with Crippen LogP contribution in [0.2, 0.25) is 0 Å². The van der Waals surface area contributed by atoms with Gasteiger partial charge in [0.2, 0.25) is 0 Å². The average molecular weight is 578 g/mol. The lowest BCUT2D eigenvalue weighted by Gasteiger charge is -2.27. The molecule has 1 atom stereocenters. The summed E-state index contributed by atoms with van der Waals surface area (Å²) in [7, 11) is 1.65. The molecule has 0 heterocycles. The maximum atomic E-state index is 12.4. The summed E-state index contributed by atoms with van der Waals surface area (Å²) in [6, 6.07) is -0.0440. The molecular weight excluding hydrogens is 513 g/mol. The normalized spacial score (nSPS) is 13.4. The van der Waals surface area contributed by atoms with E-state index in [1.54, 1.807) is 0 Å². The molecule has 39 heavy (non-hydrogen) atoms. The van der Waals surface area contributed by atoms with Gasteiger partial charge in [-0.25, -0.2) is 4.79 Å². The monoisotopic (exact) mass is 577 g/mol. The van der Waals surface area contributed by atoms with Gasteiger partial charge in [-0.1, -0.05) is 103 Å². The van der Waals surface area contributed by atoms with Gasteiger partial charge in [0.05, 0.1) is 27.7 Å². The first-order valence-corrected chi connectivity index (χ1v) is 17.5. The number of nitrogens with one attached hydrogen (secondary N) is 1. The summed E-state index contributed by atoms with van der Waals surface area (Å²) in [6.07, 6.45) is 22.5. The molecule has 0 fully saturated rings. The molecule has 234 valence electrons. The number of carbonyl (C=O) groups excluding carboxylic acids is 1. The Labute approximate surface area is 241 Å². The van der Waals surface area contributed by atoms with Crippen LogP contribution in [0.5, 0.6) is 0 Å². The SMILES string of the molecule is CCCCCCCCCCCCCCCCCCN(CCCCOP(=O)([O-])OCC[N+](C)(C)C)C(=O)NCC. The van der Waals surface area contributed by atoms with Crippen LogP contribution in [0, 0.1) is 0 Å². The highest BCUT2D eigenvalue weighted by molar-refractivity contribution is 7.45. The van der Waals surface area contributed by atoms with Crippen LogP contribution in [0.25, 0.3) is 0 Å². The van der Waals surface area contributed by atoms with Crippen molar-refractivity contribution in [3.8, 4) is 0 Å². The molecule has 0 saturated heterocycles. The number of unbranched alkanes of at least 4 members (excludes halogenated alkanes) is 16. The number of amides is 2. The van der Waals surface area contributed by atoms with E-state index in [4.69, 9.17) is 9.05 Å². The molecular formula is C30H64N3O5P. The van der Waals surface area contributed by atoms with Crippen molar-refractivity contribution in [3.05, 3.63) is 0 Å². The number of urea groups is 1. The summed E-state index contributed by atoms with van der Waals surface area (Å²) in [4.78, 5) is 26.2. The van der Waals surface area contributed by atoms with E-state index in [1.165, 1.54) is 89.9 Å². The first-order chi connectivity index (χ1) is 18.6. The van der Waals surface area contributed by atoms with Crippen LogP contribution in [0.1, 0.15) is 129 Å². The number of nitrogens with zero attached hydrogens (tertiary/aromatic N) is 2. The van der Waals surface area contributed by atoms with E-state index < -0.39 is 7.82 Å². The van der Waals surface area contributed by atoms with Crippen LogP contribution in [-0.4, -0.2) is 75.9 Å². The van der Waals surface area contributed by atoms with E-state index in [-0.39, 0.29) is 19.2 Å². The van der Waals surface area contributed by atoms with Gasteiger partial charge in [0.15, 0.2) is 0 Å². The van der Waals surface area contributed by atoms with Crippen LogP contribution in [0.15, 0.2) is 0 Å². The van der Waals surface area contributed by atoms with Crippen molar-refractivity contribution in [1.82, 2.24) is 10.2 Å². The van der Waals surface area contributed by atoms with Crippen molar-refractivity contribution in [2.24, 2.45) is 0 Å². The maximum Gasteiger partial charge on any atom is 0.317 e. The Hall–Kier alpha value is -0.660. The largest absolute Gasteiger partial charge is 0.756 e. The van der Waals surface area contributed by atoms with Gasteiger partial charge in [-0.3, -0.25) is 4.57 Å². The van der Waals surface area contributed by atoms with E-state index in [1.807, 2.05) is 33.0 Å². The van der Waals surface area contributed by atoms with Crippen molar-refractivity contribution >= 4 is 13.9 Å². The van der Waals surface area contributed by atoms with E-state index in [0.29, 0.717) is 37.0 Å². The molecule has 0 aliphatic rings. The second-order valence-corrected chi connectivity index (χ2v) is 13.4. The van der Waals surface area contributed by atoms with Gasteiger partial charge in [-0.05, 0) is 26.2 Å². The number of phosphoric ester groups is 1. The zero-order chi connectivity index (χ0) is 29.2. The number of phosphoric acid groups is 1. The highest BCUT2D eigenvalue weighted by Gasteiger charge is 2.14. The zero-order valence-electron chi connectivity index (χ0n) is 26.4. The zero-order valence-corrected chi connectivity index (χ0v) is 27.2. The lowest BCUT2D eigenvalue weighted by molar-refractivity contribution is -0.870. The Morgan fingerprint density at radius 1 is 0.692 bits per heavy atom. The highest BCUT2D eigenvalue weighted by atomic mass is 31.2. The third-order valence-corrected chi connectivity index (χ3v) is 7.98. The Morgan fingerprint density at radius 3 is 1.54 bits per heavy atom. The molecule has 0 bridgehead atoms. The second kappa shape index (κ2) is 25.1. The smallest absolute Gasteiger partial charge is 0.317 e. The summed E-state index contributed by atoms with van der Waals surface area (Å²) in [6.45, 7) is 6.89. The average Bonchev–Trinajstić information content (AvgIpc) is 2.86. The molecule has 0 radical (unpaired) electrons. The fourth-order valence-electron chi connectivity index (χ4n) is 4.47. The quantitative estimate of drug-likeness (QED) is 0.0600. The molecule has 0 rings (SSSR count). The predicted octanol–water partition coefficient (Wildman–Crippen LogP) is 7.27. The predicted molar refractivity (Wildman–Crippen MR) is 162 cm³/mol. The third kappa shape index (κ3) is 27.3. The van der Waals surface area contributed by atoms with Gasteiger partial charge in [0, 0.05) is 19.6 Å². The molecule has 0 aromatic heterocycles. The highest BCUT2D eigenvalue weighted by Crippen LogP contribution is 2.38. The Morgan fingerprint density at radius 2 is 1.10 bits per heavy atom. The van der Waals surface area contributed by atoms with Crippen molar-refractivity contribution < 1.29 is 27.8 Å². The molecule has 0 aliphatic heterocycles. The Balaban J connectivity index is 3.84. The van der Waals surface area contributed by atoms with Gasteiger partial charge in [0.1, 0.15) is 13.2 Å². The van der Waals surface area contributed by atoms with Crippen LogP contribution < -0.4 is 10.2 Å². The standard InChI is InChI=1S/C30H64N3O5P/c1-6-8-9-10-11-12-13-14-15-16-17-18-19-20-21-22-25-32(30(34)31-7-2)26-23-24-28-37-39(35,36)38-29-27-33(3,4)5/h6-29H2,1-5H3,(H-,31,34,35,36). The fourth-order valence-corrected chi connectivity index (χ4v) is 5.21. The molecule has 1 unspecified atom stereocenters. The number of likely N-dealkylation sites (N-methyl/N-ethyl adjacent to an activating group) is 1. The van der Waals surface area contributed by atoms with Crippen molar-refractivity contribution in [2.45, 2.75) is 129 Å². The minimum Gasteiger partial charge on any atom is -0.756 e. The molecule has 0 spiro atoms. The van der Waals surface area contributed by atoms with E-state index in [9.17, 15) is 14.3 Å². The molecule has 0 saturated carbocycles. The number of hydrogen-bond donors (Lipinski definition) is 1. The third-order valence-electron chi connectivity index (χ3n) is 6.98. The Bertz CT molecular complexity index is 616. The lowest BCUT2D eigenvalue weighted by Crippen LogP contribution is -2.41. The van der Waals surface area contributed by atoms with Crippen LogP contribution in [-0.2, 0) is 13.6 Å². The van der Waals surface area contributed by atoms with E-state index in [0.717, 1.165) is 19.4 Å². The van der Waals surface area contributed by atoms with Gasteiger partial charge < -0.3 is 28.6 Å². The number of carbonyl (C=O) groups is 1. The first-order valence-electron chi connectivity index (χ1n) is 16.0. The number of quaternary nitrogens is 1. The Kier molecular flexibility index (Phi) is 24.7. The molecule has 8 nitrogen and oxygen atoms in total. The van der Waals surface area contributed by atoms with Gasteiger partial charge >= 0.3 is 6.03 Å². The second-order valence-electron chi connectivity index (χ2n) is 12.0. The lowest BCUT2D eigenvalue weighted by atomic mass is 10.0. The number of rotatable bonds is 28. The van der Waals surface area contributed by atoms with Gasteiger partial charge in [0.25, 0.3) is 7.82 Å². The maximum absolute atomic E-state index is 12.4. The van der Waals surface area contributed by atoms with E-state index >= 15 is 0 Å². The van der Waals surface area contributed by atoms with E-state index in [2.05, 4.69) is 12.2 Å². The first kappa shape index (κ1) is 38.3. The minimum absolute atomic E-state index is 0.0440. The summed E-state index contributed by atoms with van der Waals surface area (Å²) in [5.41, 5.74) is 0. The van der Waals surface area contributed by atoms with Crippen molar-refractivity contribution in [1.29, 1.82) is 0 Å². The van der Waals surface area contributed by atoms with Gasteiger partial charge in [-0.15, -0.1) is 0 Å². The molecule has 1 N–H and O–H groups in total. The van der Waals surface area contributed by atoms with Crippen molar-refractivity contribution in [2.75, 3.05) is 60.5 Å². The minimum atomic E-state index is -4.27. The van der Waals surface area contributed by atoms with Crippen molar-refractivity contribution in [3.63, 3.8) is 0 Å². The topological polar surface area (TPSA) is 90.9 Å². The fraction of sp³-hybridized carbons (Fsp3) is 0.967. The van der Waals surface area contributed by atoms with Crippen LogP contribution in [0.4, 0.5) is 4.79 Å².